The molecule has 0 aliphatic heterocycles. The third kappa shape index (κ3) is 5.61. The van der Waals surface area contributed by atoms with Gasteiger partial charge in [-0.05, 0) is 54.9 Å². The van der Waals surface area contributed by atoms with Crippen molar-refractivity contribution >= 4 is 18.4 Å². The first-order valence-electron chi connectivity index (χ1n) is 8.42. The average Bonchev–Trinajstić information content (AvgIpc) is 3.15. The summed E-state index contributed by atoms with van der Waals surface area (Å²) in [6, 6.07) is 18.5. The Kier molecular flexibility index (Phi) is 7.46. The van der Waals surface area contributed by atoms with Crippen molar-refractivity contribution in [1.82, 2.24) is 5.32 Å². The Hall–Kier alpha value is -2.76. The van der Waals surface area contributed by atoms with E-state index in [0.717, 1.165) is 30.0 Å². The molecule has 0 bridgehead atoms. The summed E-state index contributed by atoms with van der Waals surface area (Å²) in [7, 11) is 1.66. The molecule has 27 heavy (non-hydrogen) atoms. The predicted molar refractivity (Wildman–Crippen MR) is 107 cm³/mol. The van der Waals surface area contributed by atoms with Gasteiger partial charge in [0.25, 0.3) is 0 Å². The zero-order valence-electron chi connectivity index (χ0n) is 15.0. The third-order valence-electron chi connectivity index (χ3n) is 4.10. The molecule has 0 fully saturated rings. The van der Waals surface area contributed by atoms with E-state index in [-0.39, 0.29) is 18.0 Å². The second kappa shape index (κ2) is 9.80. The minimum absolute atomic E-state index is 0. The first-order valence-corrected chi connectivity index (χ1v) is 8.42. The summed E-state index contributed by atoms with van der Waals surface area (Å²) in [5.74, 6) is 1.39. The van der Waals surface area contributed by atoms with Crippen LogP contribution in [0.15, 0.2) is 65.1 Å². The summed E-state index contributed by atoms with van der Waals surface area (Å²) in [5.41, 5.74) is 2.25. The SMILES string of the molecule is COc1ccc(CCNCc2ccc(-c3cccc(C(=O)O)c3)o2)cc1.Cl. The van der Waals surface area contributed by atoms with E-state index in [1.807, 2.05) is 30.3 Å². The summed E-state index contributed by atoms with van der Waals surface area (Å²) in [4.78, 5) is 11.1. The van der Waals surface area contributed by atoms with Crippen LogP contribution >= 0.6 is 12.4 Å². The number of carboxylic acid groups (broad SMARTS) is 1. The number of rotatable bonds is 8. The van der Waals surface area contributed by atoms with Gasteiger partial charge in [-0.2, -0.15) is 0 Å². The van der Waals surface area contributed by atoms with Crippen LogP contribution in [-0.4, -0.2) is 24.7 Å². The van der Waals surface area contributed by atoms with Crippen molar-refractivity contribution in [2.45, 2.75) is 13.0 Å². The quantitative estimate of drug-likeness (QED) is 0.560. The summed E-state index contributed by atoms with van der Waals surface area (Å²) >= 11 is 0. The van der Waals surface area contributed by atoms with Crippen molar-refractivity contribution in [1.29, 1.82) is 0 Å². The van der Waals surface area contributed by atoms with Crippen LogP contribution in [-0.2, 0) is 13.0 Å². The molecule has 3 rings (SSSR count). The lowest BCUT2D eigenvalue weighted by molar-refractivity contribution is 0.0697. The lowest BCUT2D eigenvalue weighted by atomic mass is 10.1. The molecule has 5 nitrogen and oxygen atoms in total. The molecule has 0 saturated carbocycles. The Morgan fingerprint density at radius 1 is 1.11 bits per heavy atom. The normalized spacial score (nSPS) is 10.3. The van der Waals surface area contributed by atoms with Crippen LogP contribution in [0.5, 0.6) is 5.75 Å². The Labute approximate surface area is 164 Å². The highest BCUT2D eigenvalue weighted by Crippen LogP contribution is 2.23. The summed E-state index contributed by atoms with van der Waals surface area (Å²) in [6.45, 7) is 1.45. The summed E-state index contributed by atoms with van der Waals surface area (Å²) < 4.78 is 11.0. The predicted octanol–water partition coefficient (Wildman–Crippen LogP) is 4.41. The number of aromatic carboxylic acids is 1. The molecular formula is C21H22ClNO4. The molecule has 0 aliphatic carbocycles. The number of carboxylic acids is 1. The highest BCUT2D eigenvalue weighted by atomic mass is 35.5. The molecule has 0 saturated heterocycles. The van der Waals surface area contributed by atoms with Gasteiger partial charge >= 0.3 is 5.97 Å². The third-order valence-corrected chi connectivity index (χ3v) is 4.10. The van der Waals surface area contributed by atoms with Gasteiger partial charge in [-0.3, -0.25) is 0 Å². The number of halogens is 1. The molecule has 0 unspecified atom stereocenters. The fourth-order valence-electron chi connectivity index (χ4n) is 2.67. The van der Waals surface area contributed by atoms with Crippen LogP contribution in [0.2, 0.25) is 0 Å². The molecule has 0 radical (unpaired) electrons. The summed E-state index contributed by atoms with van der Waals surface area (Å²) in [6.07, 6.45) is 0.915. The molecule has 0 atom stereocenters. The fraction of sp³-hybridized carbons (Fsp3) is 0.190. The highest BCUT2D eigenvalue weighted by molar-refractivity contribution is 5.89. The second-order valence-electron chi connectivity index (χ2n) is 5.93. The zero-order chi connectivity index (χ0) is 18.4. The van der Waals surface area contributed by atoms with Gasteiger partial charge in [-0.15, -0.1) is 12.4 Å². The Bertz CT molecular complexity index is 874. The number of furan rings is 1. The lowest BCUT2D eigenvalue weighted by Gasteiger charge is -2.05. The van der Waals surface area contributed by atoms with E-state index in [2.05, 4.69) is 17.4 Å². The molecule has 0 aliphatic rings. The average molecular weight is 388 g/mol. The van der Waals surface area contributed by atoms with Gasteiger partial charge in [0, 0.05) is 5.56 Å². The monoisotopic (exact) mass is 387 g/mol. The molecule has 2 N–H and O–H groups in total. The van der Waals surface area contributed by atoms with Crippen molar-refractivity contribution in [3.63, 3.8) is 0 Å². The van der Waals surface area contributed by atoms with E-state index < -0.39 is 5.97 Å². The van der Waals surface area contributed by atoms with Crippen LogP contribution in [0.25, 0.3) is 11.3 Å². The standard InChI is InChI=1S/C21H21NO4.ClH/c1-25-18-7-5-15(6-8-18)11-12-22-14-19-9-10-20(26-19)16-3-2-4-17(13-16)21(23)24;/h2-10,13,22H,11-12,14H2,1H3,(H,23,24);1H. The van der Waals surface area contributed by atoms with Crippen LogP contribution in [0.4, 0.5) is 0 Å². The van der Waals surface area contributed by atoms with E-state index in [4.69, 9.17) is 14.3 Å². The topological polar surface area (TPSA) is 71.7 Å². The van der Waals surface area contributed by atoms with Crippen molar-refractivity contribution in [3.8, 4) is 17.1 Å². The van der Waals surface area contributed by atoms with Crippen LogP contribution in [0, 0.1) is 0 Å². The first-order chi connectivity index (χ1) is 12.7. The molecule has 0 spiro atoms. The van der Waals surface area contributed by atoms with Crippen LogP contribution in [0.3, 0.4) is 0 Å². The molecule has 3 aromatic rings. The minimum atomic E-state index is -0.946. The second-order valence-corrected chi connectivity index (χ2v) is 5.93. The highest BCUT2D eigenvalue weighted by Gasteiger charge is 2.08. The number of methoxy groups -OCH3 is 1. The van der Waals surface area contributed by atoms with Gasteiger partial charge in [-0.1, -0.05) is 24.3 Å². The largest absolute Gasteiger partial charge is 0.497 e. The molecule has 0 amide bonds. The van der Waals surface area contributed by atoms with E-state index in [9.17, 15) is 4.79 Å². The van der Waals surface area contributed by atoms with Gasteiger partial charge in [0.05, 0.1) is 19.2 Å². The summed E-state index contributed by atoms with van der Waals surface area (Å²) in [5, 5.41) is 12.4. The Balaban J connectivity index is 0.00000261. The number of benzene rings is 2. The Morgan fingerprint density at radius 2 is 1.89 bits per heavy atom. The van der Waals surface area contributed by atoms with Gasteiger partial charge in [0.1, 0.15) is 17.3 Å². The van der Waals surface area contributed by atoms with Gasteiger partial charge < -0.3 is 19.6 Å². The minimum Gasteiger partial charge on any atom is -0.497 e. The smallest absolute Gasteiger partial charge is 0.335 e. The molecular weight excluding hydrogens is 366 g/mol. The van der Waals surface area contributed by atoms with Crippen molar-refractivity contribution in [2.24, 2.45) is 0 Å². The molecule has 142 valence electrons. The van der Waals surface area contributed by atoms with E-state index >= 15 is 0 Å². The van der Waals surface area contributed by atoms with Crippen molar-refractivity contribution in [3.05, 3.63) is 77.6 Å². The number of hydrogen-bond acceptors (Lipinski definition) is 4. The van der Waals surface area contributed by atoms with Crippen molar-refractivity contribution < 1.29 is 19.1 Å². The Morgan fingerprint density at radius 3 is 2.59 bits per heavy atom. The maximum absolute atomic E-state index is 11.1. The first kappa shape index (κ1) is 20.6. The van der Waals surface area contributed by atoms with E-state index in [1.165, 1.54) is 5.56 Å². The van der Waals surface area contributed by atoms with Crippen LogP contribution in [0.1, 0.15) is 21.7 Å². The number of ether oxygens (including phenoxy) is 1. The molecule has 6 heteroatoms. The maximum Gasteiger partial charge on any atom is 0.335 e. The van der Waals surface area contributed by atoms with Crippen LogP contribution < -0.4 is 10.1 Å². The molecule has 2 aromatic carbocycles. The maximum atomic E-state index is 11.1. The van der Waals surface area contributed by atoms with Gasteiger partial charge in [0.15, 0.2) is 0 Å². The van der Waals surface area contributed by atoms with E-state index in [1.54, 1.807) is 25.3 Å². The van der Waals surface area contributed by atoms with Gasteiger partial charge in [0.2, 0.25) is 0 Å². The number of hydrogen-bond donors (Lipinski definition) is 2. The fourth-order valence-corrected chi connectivity index (χ4v) is 2.67. The van der Waals surface area contributed by atoms with Crippen molar-refractivity contribution in [2.75, 3.05) is 13.7 Å². The number of carbonyl (C=O) groups is 1. The molecule has 1 heterocycles. The number of nitrogens with one attached hydrogen (secondary N) is 1. The lowest BCUT2D eigenvalue weighted by Crippen LogP contribution is -2.16. The zero-order valence-corrected chi connectivity index (χ0v) is 15.8. The molecule has 1 aromatic heterocycles. The van der Waals surface area contributed by atoms with E-state index in [0.29, 0.717) is 12.3 Å². The van der Waals surface area contributed by atoms with Gasteiger partial charge in [-0.25, -0.2) is 4.79 Å².